The van der Waals surface area contributed by atoms with E-state index in [1.807, 2.05) is 11.3 Å². The van der Waals surface area contributed by atoms with Crippen LogP contribution in [0.25, 0.3) is 0 Å². The maximum atomic E-state index is 6.15. The quantitative estimate of drug-likeness (QED) is 0.693. The molecule has 1 saturated carbocycles. The van der Waals surface area contributed by atoms with E-state index in [9.17, 15) is 0 Å². The predicted molar refractivity (Wildman–Crippen MR) is 60.6 cm³/mol. The molecule has 2 heteroatoms. The monoisotopic (exact) mass is 207 g/mol. The maximum Gasteiger partial charge on any atom is 0.0306 e. The van der Waals surface area contributed by atoms with Crippen molar-refractivity contribution in [3.8, 4) is 0 Å². The van der Waals surface area contributed by atoms with Crippen molar-refractivity contribution in [3.05, 3.63) is 21.9 Å². The lowest BCUT2D eigenvalue weighted by Crippen LogP contribution is -2.30. The molecule has 1 atom stereocenters. The van der Waals surface area contributed by atoms with E-state index in [0.29, 0.717) is 11.5 Å². The fraction of sp³-hybridized carbons (Fsp3) is 0.667. The third-order valence-corrected chi connectivity index (χ3v) is 5.25. The topological polar surface area (TPSA) is 26.0 Å². The van der Waals surface area contributed by atoms with Crippen LogP contribution in [0.15, 0.2) is 11.4 Å². The van der Waals surface area contributed by atoms with Gasteiger partial charge in [0, 0.05) is 16.3 Å². The summed E-state index contributed by atoms with van der Waals surface area (Å²) < 4.78 is 0. The normalized spacial score (nSPS) is 29.4. The molecule has 1 nitrogen and oxygen atoms in total. The number of hydrogen-bond acceptors (Lipinski definition) is 2. The molecule has 0 aliphatic heterocycles. The van der Waals surface area contributed by atoms with Crippen molar-refractivity contribution >= 4 is 11.3 Å². The molecule has 2 aliphatic carbocycles. The summed E-state index contributed by atoms with van der Waals surface area (Å²) in [5, 5.41) is 2.23. The molecule has 3 rings (SSSR count). The molecule has 1 unspecified atom stereocenters. The largest absolute Gasteiger partial charge is 0.324 e. The first-order chi connectivity index (χ1) is 6.82. The Bertz CT molecular complexity index is 336. The highest BCUT2D eigenvalue weighted by atomic mass is 32.1. The van der Waals surface area contributed by atoms with Crippen molar-refractivity contribution < 1.29 is 0 Å². The van der Waals surface area contributed by atoms with Gasteiger partial charge in [0.2, 0.25) is 0 Å². The Kier molecular flexibility index (Phi) is 1.96. The molecule has 1 aromatic heterocycles. The summed E-state index contributed by atoms with van der Waals surface area (Å²) >= 11 is 1.95. The van der Waals surface area contributed by atoms with Crippen LogP contribution in [0.1, 0.15) is 55.0 Å². The minimum Gasteiger partial charge on any atom is -0.324 e. The first-order valence-electron chi connectivity index (χ1n) is 5.65. The highest BCUT2D eigenvalue weighted by Crippen LogP contribution is 2.52. The first kappa shape index (κ1) is 8.93. The molecule has 1 aromatic rings. The Morgan fingerprint density at radius 1 is 1.29 bits per heavy atom. The molecule has 0 bridgehead atoms. The Labute approximate surface area is 89.3 Å². The summed E-state index contributed by atoms with van der Waals surface area (Å²) in [6.45, 7) is 0. The minimum absolute atomic E-state index is 0.322. The lowest BCUT2D eigenvalue weighted by Gasteiger charge is -2.36. The lowest BCUT2D eigenvalue weighted by molar-refractivity contribution is 0.353. The van der Waals surface area contributed by atoms with Gasteiger partial charge in [-0.15, -0.1) is 11.3 Å². The van der Waals surface area contributed by atoms with Gasteiger partial charge in [-0.3, -0.25) is 0 Å². The summed E-state index contributed by atoms with van der Waals surface area (Å²) in [6, 6.07) is 2.58. The zero-order valence-electron chi connectivity index (χ0n) is 8.46. The van der Waals surface area contributed by atoms with Crippen molar-refractivity contribution in [1.29, 1.82) is 0 Å². The van der Waals surface area contributed by atoms with Crippen molar-refractivity contribution in [2.24, 2.45) is 5.73 Å². The van der Waals surface area contributed by atoms with E-state index < -0.39 is 0 Å². The van der Waals surface area contributed by atoms with Gasteiger partial charge in [0.25, 0.3) is 0 Å². The summed E-state index contributed by atoms with van der Waals surface area (Å²) in [6.07, 6.45) is 8.20. The SMILES string of the molecule is NC1CCC2(CCCC2)c2sccc21. The summed E-state index contributed by atoms with van der Waals surface area (Å²) in [5.41, 5.74) is 8.16. The average molecular weight is 207 g/mol. The number of nitrogens with two attached hydrogens (primary N) is 1. The fourth-order valence-electron chi connectivity index (χ4n) is 3.27. The number of hydrogen-bond donors (Lipinski definition) is 1. The van der Waals surface area contributed by atoms with E-state index in [0.717, 1.165) is 0 Å². The minimum atomic E-state index is 0.322. The second kappa shape index (κ2) is 3.07. The van der Waals surface area contributed by atoms with Crippen LogP contribution in [0.4, 0.5) is 0 Å². The van der Waals surface area contributed by atoms with Crippen LogP contribution in [-0.2, 0) is 5.41 Å². The third-order valence-electron chi connectivity index (χ3n) is 4.07. The fourth-order valence-corrected chi connectivity index (χ4v) is 4.53. The summed E-state index contributed by atoms with van der Waals surface area (Å²) in [7, 11) is 0. The van der Waals surface area contributed by atoms with Crippen LogP contribution in [0.2, 0.25) is 0 Å². The molecule has 0 radical (unpaired) electrons. The van der Waals surface area contributed by atoms with Gasteiger partial charge in [-0.2, -0.15) is 0 Å². The van der Waals surface area contributed by atoms with E-state index >= 15 is 0 Å². The summed E-state index contributed by atoms with van der Waals surface area (Å²) in [5.74, 6) is 0. The van der Waals surface area contributed by atoms with Crippen molar-refractivity contribution in [3.63, 3.8) is 0 Å². The molecular formula is C12H17NS. The number of thiophene rings is 1. The van der Waals surface area contributed by atoms with E-state index in [-0.39, 0.29) is 0 Å². The molecule has 0 aromatic carbocycles. The molecule has 14 heavy (non-hydrogen) atoms. The Balaban J connectivity index is 2.08. The smallest absolute Gasteiger partial charge is 0.0306 e. The lowest BCUT2D eigenvalue weighted by atomic mass is 9.72. The maximum absolute atomic E-state index is 6.15. The van der Waals surface area contributed by atoms with Crippen LogP contribution in [0, 0.1) is 0 Å². The zero-order valence-corrected chi connectivity index (χ0v) is 9.28. The number of rotatable bonds is 0. The van der Waals surface area contributed by atoms with Gasteiger partial charge in [0.15, 0.2) is 0 Å². The van der Waals surface area contributed by atoms with Crippen molar-refractivity contribution in [1.82, 2.24) is 0 Å². The van der Waals surface area contributed by atoms with E-state index in [1.165, 1.54) is 44.1 Å². The van der Waals surface area contributed by atoms with Gasteiger partial charge in [0.05, 0.1) is 0 Å². The predicted octanol–water partition coefficient (Wildman–Crippen LogP) is 3.35. The third kappa shape index (κ3) is 1.10. The van der Waals surface area contributed by atoms with Gasteiger partial charge in [0.1, 0.15) is 0 Å². The molecule has 0 amide bonds. The van der Waals surface area contributed by atoms with Crippen LogP contribution in [0.3, 0.4) is 0 Å². The van der Waals surface area contributed by atoms with Gasteiger partial charge in [-0.25, -0.2) is 0 Å². The molecule has 1 fully saturated rings. The molecule has 76 valence electrons. The van der Waals surface area contributed by atoms with E-state index in [2.05, 4.69) is 11.4 Å². The average Bonchev–Trinajstić information content (AvgIpc) is 2.82. The first-order valence-corrected chi connectivity index (χ1v) is 6.53. The second-order valence-corrected chi connectivity index (χ2v) is 5.75. The van der Waals surface area contributed by atoms with Crippen molar-refractivity contribution in [2.75, 3.05) is 0 Å². The van der Waals surface area contributed by atoms with Gasteiger partial charge in [-0.1, -0.05) is 12.8 Å². The van der Waals surface area contributed by atoms with E-state index in [4.69, 9.17) is 5.73 Å². The van der Waals surface area contributed by atoms with Gasteiger partial charge >= 0.3 is 0 Å². The van der Waals surface area contributed by atoms with Crippen LogP contribution >= 0.6 is 11.3 Å². The van der Waals surface area contributed by atoms with Crippen LogP contribution in [-0.4, -0.2) is 0 Å². The van der Waals surface area contributed by atoms with E-state index in [1.54, 1.807) is 4.88 Å². The van der Waals surface area contributed by atoms with Crippen LogP contribution < -0.4 is 5.73 Å². The number of fused-ring (bicyclic) bond motifs is 2. The Morgan fingerprint density at radius 2 is 2.07 bits per heavy atom. The van der Waals surface area contributed by atoms with Crippen molar-refractivity contribution in [2.45, 2.75) is 50.0 Å². The van der Waals surface area contributed by atoms with Crippen LogP contribution in [0.5, 0.6) is 0 Å². The highest BCUT2D eigenvalue weighted by molar-refractivity contribution is 7.10. The summed E-state index contributed by atoms with van der Waals surface area (Å²) in [4.78, 5) is 1.63. The molecule has 1 spiro atoms. The molecule has 2 aliphatic rings. The Morgan fingerprint density at radius 3 is 2.86 bits per heavy atom. The second-order valence-electron chi connectivity index (χ2n) is 4.84. The molecule has 2 N–H and O–H groups in total. The standard InChI is InChI=1S/C12H17NS/c13-10-3-7-12(5-1-2-6-12)11-9(10)4-8-14-11/h4,8,10H,1-3,5-7,13H2. The van der Waals surface area contributed by atoms with Gasteiger partial charge < -0.3 is 5.73 Å². The molecule has 1 heterocycles. The zero-order chi connectivity index (χ0) is 9.60. The van der Waals surface area contributed by atoms with Gasteiger partial charge in [-0.05, 0) is 42.7 Å². The molecular weight excluding hydrogens is 190 g/mol. The highest BCUT2D eigenvalue weighted by Gasteiger charge is 2.41. The molecule has 0 saturated heterocycles. The Hall–Kier alpha value is -0.340.